The Bertz CT molecular complexity index is 1800. The normalized spacial score (nSPS) is 17.0. The third-order valence-electron chi connectivity index (χ3n) is 9.73. The molecular formula is C43H64N4O7S2. The lowest BCUT2D eigenvalue weighted by Gasteiger charge is -2.35. The number of nitrogens with zero attached hydrogens (tertiary/aromatic N) is 3. The van der Waals surface area contributed by atoms with Crippen LogP contribution >= 0.6 is 11.8 Å². The van der Waals surface area contributed by atoms with Crippen molar-refractivity contribution in [2.75, 3.05) is 25.1 Å². The molecule has 0 radical (unpaired) electrons. The van der Waals surface area contributed by atoms with Gasteiger partial charge in [-0.3, -0.25) is 13.9 Å². The maximum atomic E-state index is 14.7. The summed E-state index contributed by atoms with van der Waals surface area (Å²) in [6.07, 6.45) is 12.3. The van der Waals surface area contributed by atoms with Gasteiger partial charge in [-0.15, -0.1) is 11.8 Å². The van der Waals surface area contributed by atoms with Crippen LogP contribution in [0.15, 0.2) is 63.3 Å². The summed E-state index contributed by atoms with van der Waals surface area (Å²) < 4.78 is 40.9. The molecule has 2 aliphatic heterocycles. The Morgan fingerprint density at radius 2 is 1.46 bits per heavy atom. The minimum atomic E-state index is -4.27. The standard InChI is InChI=1S/C43H64N4O7S2/c1-9-10-11-12-13-14-15-16-17-22-29-53-30-23-28-46-37(44-33-25-19-21-27-35(33)56(46,51)52)36(47-39(49)43(7,8)54-40(47)50)38(48)45-32-24-18-20-26-34(32)55-42(5,6)31-41(2,3)4/h18-21,24-27,36H,9-17,22-23,28-31H2,1-8H3,(H,45,48). The number of amides is 3. The molecule has 1 atom stereocenters. The van der Waals surface area contributed by atoms with E-state index in [1.807, 2.05) is 12.1 Å². The summed E-state index contributed by atoms with van der Waals surface area (Å²) in [5, 5.41) is 2.94. The van der Waals surface area contributed by atoms with E-state index in [1.165, 1.54) is 70.9 Å². The van der Waals surface area contributed by atoms with E-state index in [0.29, 0.717) is 23.6 Å². The number of sulfonamides is 1. The molecule has 2 aromatic rings. The fourth-order valence-electron chi connectivity index (χ4n) is 7.45. The molecule has 310 valence electrons. The lowest BCUT2D eigenvalue weighted by molar-refractivity contribution is -0.137. The van der Waals surface area contributed by atoms with E-state index in [2.05, 4.69) is 46.9 Å². The number of imide groups is 1. The van der Waals surface area contributed by atoms with Gasteiger partial charge in [0.2, 0.25) is 0 Å². The highest BCUT2D eigenvalue weighted by molar-refractivity contribution is 8.00. The predicted octanol–water partition coefficient (Wildman–Crippen LogP) is 10.1. The number of rotatable bonds is 22. The van der Waals surface area contributed by atoms with Gasteiger partial charge in [-0.2, -0.15) is 0 Å². The Morgan fingerprint density at radius 1 is 0.875 bits per heavy atom. The number of hydrogen-bond donors (Lipinski definition) is 1. The van der Waals surface area contributed by atoms with Crippen LogP contribution in [-0.4, -0.2) is 77.5 Å². The number of benzene rings is 2. The molecule has 56 heavy (non-hydrogen) atoms. The number of unbranched alkanes of at least 4 members (excludes halogenated alkanes) is 9. The molecule has 1 fully saturated rings. The zero-order valence-corrected chi connectivity index (χ0v) is 36.5. The van der Waals surface area contributed by atoms with Gasteiger partial charge in [0, 0.05) is 29.4 Å². The first-order valence-electron chi connectivity index (χ1n) is 20.3. The summed E-state index contributed by atoms with van der Waals surface area (Å²) in [5.41, 5.74) is -0.973. The highest BCUT2D eigenvalue weighted by Crippen LogP contribution is 2.43. The number of ether oxygens (including phenoxy) is 2. The minimum absolute atomic E-state index is 0.0346. The van der Waals surface area contributed by atoms with Crippen molar-refractivity contribution in [1.82, 2.24) is 9.21 Å². The molecule has 0 bridgehead atoms. The van der Waals surface area contributed by atoms with Gasteiger partial charge in [0.15, 0.2) is 17.5 Å². The number of thioether (sulfide) groups is 1. The highest BCUT2D eigenvalue weighted by Gasteiger charge is 2.55. The number of hydrogen-bond acceptors (Lipinski definition) is 9. The summed E-state index contributed by atoms with van der Waals surface area (Å²) in [4.78, 5) is 48.1. The predicted molar refractivity (Wildman–Crippen MR) is 225 cm³/mol. The van der Waals surface area contributed by atoms with Crippen molar-refractivity contribution < 1.29 is 32.3 Å². The zero-order valence-electron chi connectivity index (χ0n) is 34.8. The maximum Gasteiger partial charge on any atom is 0.418 e. The molecule has 4 rings (SSSR count). The first-order valence-corrected chi connectivity index (χ1v) is 22.6. The van der Waals surface area contributed by atoms with Crippen molar-refractivity contribution >= 4 is 56.9 Å². The number of anilines is 1. The van der Waals surface area contributed by atoms with Crippen molar-refractivity contribution in [2.24, 2.45) is 10.4 Å². The average Bonchev–Trinajstić information content (AvgIpc) is 3.30. The van der Waals surface area contributed by atoms with Crippen LogP contribution in [0.25, 0.3) is 0 Å². The number of carbonyl (C=O) groups excluding carboxylic acids is 3. The van der Waals surface area contributed by atoms with Crippen molar-refractivity contribution in [3.63, 3.8) is 0 Å². The first-order chi connectivity index (χ1) is 26.4. The van der Waals surface area contributed by atoms with Crippen LogP contribution in [0.5, 0.6) is 0 Å². The molecule has 2 heterocycles. The molecular weight excluding hydrogens is 749 g/mol. The third-order valence-corrected chi connectivity index (χ3v) is 12.9. The summed E-state index contributed by atoms with van der Waals surface area (Å²) in [7, 11) is -4.27. The molecule has 0 spiro atoms. The Labute approximate surface area is 339 Å². The fourth-order valence-corrected chi connectivity index (χ4v) is 10.6. The van der Waals surface area contributed by atoms with Crippen molar-refractivity contribution in [2.45, 2.75) is 159 Å². The Kier molecular flexibility index (Phi) is 16.0. The number of fused-ring (bicyclic) bond motifs is 1. The smallest absolute Gasteiger partial charge is 0.418 e. The largest absolute Gasteiger partial charge is 0.433 e. The second-order valence-corrected chi connectivity index (χ2v) is 20.8. The van der Waals surface area contributed by atoms with E-state index >= 15 is 0 Å². The minimum Gasteiger partial charge on any atom is -0.433 e. The van der Waals surface area contributed by atoms with Gasteiger partial charge >= 0.3 is 6.09 Å². The van der Waals surface area contributed by atoms with Crippen molar-refractivity contribution in [1.29, 1.82) is 0 Å². The molecule has 0 aromatic heterocycles. The second-order valence-electron chi connectivity index (χ2n) is 17.2. The molecule has 1 N–H and O–H groups in total. The van der Waals surface area contributed by atoms with Gasteiger partial charge in [0.25, 0.3) is 21.8 Å². The van der Waals surface area contributed by atoms with Crippen LogP contribution in [0.3, 0.4) is 0 Å². The van der Waals surface area contributed by atoms with Crippen molar-refractivity contribution in [3.05, 3.63) is 48.5 Å². The zero-order chi connectivity index (χ0) is 41.1. The number of cyclic esters (lactones) is 1. The summed E-state index contributed by atoms with van der Waals surface area (Å²) in [6.45, 7) is 16.7. The topological polar surface area (TPSA) is 135 Å². The van der Waals surface area contributed by atoms with Crippen LogP contribution in [0.2, 0.25) is 0 Å². The quantitative estimate of drug-likeness (QED) is 0.0917. The van der Waals surface area contributed by atoms with E-state index in [0.717, 1.165) is 34.9 Å². The Morgan fingerprint density at radius 3 is 2.09 bits per heavy atom. The molecule has 1 saturated heterocycles. The van der Waals surface area contributed by atoms with Gasteiger partial charge in [0.1, 0.15) is 4.90 Å². The third kappa shape index (κ3) is 12.3. The van der Waals surface area contributed by atoms with Gasteiger partial charge in [0.05, 0.1) is 11.4 Å². The van der Waals surface area contributed by atoms with E-state index in [1.54, 1.807) is 36.0 Å². The number of carbonyl (C=O) groups is 3. The molecule has 3 amide bonds. The monoisotopic (exact) mass is 812 g/mol. The number of nitrogens with one attached hydrogen (secondary N) is 1. The average molecular weight is 813 g/mol. The van der Waals surface area contributed by atoms with E-state index in [9.17, 15) is 22.8 Å². The highest BCUT2D eigenvalue weighted by atomic mass is 32.2. The first kappa shape index (κ1) is 45.3. The van der Waals surface area contributed by atoms with E-state index in [4.69, 9.17) is 14.5 Å². The fraction of sp³-hybridized carbons (Fsp3) is 0.628. The number of amidine groups is 1. The van der Waals surface area contributed by atoms with Crippen LogP contribution < -0.4 is 5.32 Å². The van der Waals surface area contributed by atoms with Gasteiger partial charge < -0.3 is 14.8 Å². The summed E-state index contributed by atoms with van der Waals surface area (Å²) >= 11 is 1.60. The van der Waals surface area contributed by atoms with Crippen molar-refractivity contribution in [3.8, 4) is 0 Å². The molecule has 11 nitrogen and oxygen atoms in total. The van der Waals surface area contributed by atoms with E-state index in [-0.39, 0.29) is 39.7 Å². The Balaban J connectivity index is 1.57. The van der Waals surface area contributed by atoms with Gasteiger partial charge in [-0.25, -0.2) is 23.1 Å². The van der Waals surface area contributed by atoms with Gasteiger partial charge in [-0.05, 0) is 62.8 Å². The van der Waals surface area contributed by atoms with E-state index < -0.39 is 39.6 Å². The molecule has 2 aliphatic rings. The Hall–Kier alpha value is -3.42. The number of aliphatic imine (C=N–C) groups is 1. The number of para-hydroxylation sites is 2. The lowest BCUT2D eigenvalue weighted by Crippen LogP contribution is -2.59. The molecule has 2 aromatic carbocycles. The van der Waals surface area contributed by atoms with Crippen LogP contribution in [0.4, 0.5) is 16.2 Å². The summed E-state index contributed by atoms with van der Waals surface area (Å²) in [6, 6.07) is 11.8. The molecule has 0 saturated carbocycles. The molecule has 13 heteroatoms. The summed E-state index contributed by atoms with van der Waals surface area (Å²) in [5.74, 6) is -1.85. The van der Waals surface area contributed by atoms with Crippen LogP contribution in [-0.2, 0) is 29.1 Å². The van der Waals surface area contributed by atoms with Gasteiger partial charge in [-0.1, -0.05) is 124 Å². The van der Waals surface area contributed by atoms with Crippen LogP contribution in [0.1, 0.15) is 132 Å². The molecule has 1 unspecified atom stereocenters. The maximum absolute atomic E-state index is 14.7. The second kappa shape index (κ2) is 19.8. The molecule has 0 aliphatic carbocycles. The SMILES string of the molecule is CCCCCCCCCCCCOCCCN1C(C(C(=O)Nc2ccccc2SC(C)(C)CC(C)(C)C)N2C(=O)OC(C)(C)C2=O)=Nc2ccccc2S1(=O)=O. The lowest BCUT2D eigenvalue weighted by atomic mass is 9.86. The van der Waals surface area contributed by atoms with Crippen LogP contribution in [0, 0.1) is 5.41 Å².